The number of hydrogen-bond donors (Lipinski definition) is 2. The van der Waals surface area contributed by atoms with Gasteiger partial charge in [0.25, 0.3) is 17.4 Å². The Morgan fingerprint density at radius 1 is 0.975 bits per heavy atom. The lowest BCUT2D eigenvalue weighted by molar-refractivity contribution is 0.0499. The number of rotatable bonds is 10. The molecule has 0 atom stereocenters. The molecule has 0 saturated heterocycles. The predicted octanol–water partition coefficient (Wildman–Crippen LogP) is 5.79. The van der Waals surface area contributed by atoms with Gasteiger partial charge in [-0.05, 0) is 68.1 Å². The highest BCUT2D eigenvalue weighted by Crippen LogP contribution is 2.26. The van der Waals surface area contributed by atoms with E-state index in [1.54, 1.807) is 30.3 Å². The van der Waals surface area contributed by atoms with Gasteiger partial charge in [-0.3, -0.25) is 14.4 Å². The summed E-state index contributed by atoms with van der Waals surface area (Å²) in [6.07, 6.45) is 3.09. The van der Waals surface area contributed by atoms with Crippen LogP contribution in [0.15, 0.2) is 53.3 Å². The third kappa shape index (κ3) is 6.28. The lowest BCUT2D eigenvalue weighted by Crippen LogP contribution is -2.25. The van der Waals surface area contributed by atoms with E-state index in [-0.39, 0.29) is 15.5 Å². The van der Waals surface area contributed by atoms with Gasteiger partial charge >= 0.3 is 5.97 Å². The van der Waals surface area contributed by atoms with Gasteiger partial charge in [-0.25, -0.2) is 14.2 Å². The molecule has 0 fully saturated rings. The van der Waals surface area contributed by atoms with Crippen LogP contribution in [0.4, 0.5) is 11.4 Å². The standard InChI is InChI=1S/C30H32N4O5S/c1-5-7-16-39-29(38)20-12-14-21(15-13-20)31-27(36)25-26(28(37)33-23-11-8-10-18(3)19(23)4)40-30-32-22(9-6-2)17-24(35)34(25)30/h8,10-15,17H,5-7,9,16H2,1-4H3,(H,31,36)(H,33,37). The van der Waals surface area contributed by atoms with Crippen LogP contribution in [-0.2, 0) is 11.2 Å². The number of aromatic nitrogens is 2. The second-order valence-electron chi connectivity index (χ2n) is 9.46. The minimum Gasteiger partial charge on any atom is -0.462 e. The van der Waals surface area contributed by atoms with E-state index in [9.17, 15) is 19.2 Å². The third-order valence-corrected chi connectivity index (χ3v) is 7.50. The van der Waals surface area contributed by atoms with Crippen LogP contribution < -0.4 is 16.2 Å². The van der Waals surface area contributed by atoms with Crippen molar-refractivity contribution in [2.45, 2.75) is 53.4 Å². The summed E-state index contributed by atoms with van der Waals surface area (Å²) in [5, 5.41) is 5.63. The van der Waals surface area contributed by atoms with Gasteiger partial charge < -0.3 is 15.4 Å². The zero-order valence-electron chi connectivity index (χ0n) is 23.0. The maximum atomic E-state index is 13.6. The Labute approximate surface area is 236 Å². The fraction of sp³-hybridized carbons (Fsp3) is 0.300. The summed E-state index contributed by atoms with van der Waals surface area (Å²) in [5.74, 6) is -1.61. The average molecular weight is 561 g/mol. The van der Waals surface area contributed by atoms with Gasteiger partial charge in [0, 0.05) is 23.1 Å². The minimum atomic E-state index is -0.650. The number of aryl methyl sites for hydroxylation is 2. The maximum absolute atomic E-state index is 13.6. The van der Waals surface area contributed by atoms with Crippen LogP contribution in [0.3, 0.4) is 0 Å². The Morgan fingerprint density at radius 2 is 1.73 bits per heavy atom. The molecule has 40 heavy (non-hydrogen) atoms. The fourth-order valence-electron chi connectivity index (χ4n) is 4.10. The first-order chi connectivity index (χ1) is 19.2. The molecule has 2 N–H and O–H groups in total. The molecule has 4 rings (SSSR count). The summed E-state index contributed by atoms with van der Waals surface area (Å²) in [5.41, 5.74) is 3.32. The molecule has 0 spiro atoms. The molecular formula is C30H32N4O5S. The number of ether oxygens (including phenoxy) is 1. The zero-order valence-corrected chi connectivity index (χ0v) is 23.8. The molecule has 0 radical (unpaired) electrons. The number of hydrogen-bond acceptors (Lipinski definition) is 7. The summed E-state index contributed by atoms with van der Waals surface area (Å²) in [7, 11) is 0. The average Bonchev–Trinajstić information content (AvgIpc) is 3.32. The molecule has 208 valence electrons. The van der Waals surface area contributed by atoms with Gasteiger partial charge in [-0.1, -0.05) is 50.2 Å². The third-order valence-electron chi connectivity index (χ3n) is 6.46. The predicted molar refractivity (Wildman–Crippen MR) is 157 cm³/mol. The van der Waals surface area contributed by atoms with Gasteiger partial charge in [0.1, 0.15) is 10.6 Å². The molecule has 0 bridgehead atoms. The summed E-state index contributed by atoms with van der Waals surface area (Å²) in [6.45, 7) is 8.17. The van der Waals surface area contributed by atoms with Crippen molar-refractivity contribution in [1.29, 1.82) is 0 Å². The number of esters is 1. The van der Waals surface area contributed by atoms with Crippen molar-refractivity contribution in [1.82, 2.24) is 9.38 Å². The van der Waals surface area contributed by atoms with Gasteiger partial charge in [0.15, 0.2) is 4.96 Å². The number of amides is 2. The number of nitrogens with one attached hydrogen (secondary N) is 2. The van der Waals surface area contributed by atoms with Crippen molar-refractivity contribution in [3.8, 4) is 0 Å². The molecular weight excluding hydrogens is 528 g/mol. The van der Waals surface area contributed by atoms with Crippen LogP contribution in [0.2, 0.25) is 0 Å². The maximum Gasteiger partial charge on any atom is 0.338 e. The van der Waals surface area contributed by atoms with Crippen molar-refractivity contribution >= 4 is 45.5 Å². The fourth-order valence-corrected chi connectivity index (χ4v) is 5.15. The number of carbonyl (C=O) groups is 3. The van der Waals surface area contributed by atoms with E-state index >= 15 is 0 Å². The normalized spacial score (nSPS) is 10.9. The molecule has 0 saturated carbocycles. The first-order valence-electron chi connectivity index (χ1n) is 13.2. The van der Waals surface area contributed by atoms with Crippen LogP contribution in [0, 0.1) is 13.8 Å². The highest BCUT2D eigenvalue weighted by molar-refractivity contribution is 7.19. The van der Waals surface area contributed by atoms with Crippen molar-refractivity contribution < 1.29 is 19.1 Å². The number of nitrogens with zero attached hydrogens (tertiary/aromatic N) is 2. The Hall–Kier alpha value is -4.31. The van der Waals surface area contributed by atoms with Crippen LogP contribution >= 0.6 is 11.3 Å². The first-order valence-corrected chi connectivity index (χ1v) is 14.1. The van der Waals surface area contributed by atoms with Crippen molar-refractivity contribution in [2.75, 3.05) is 17.2 Å². The van der Waals surface area contributed by atoms with Crippen LogP contribution in [0.1, 0.15) is 80.4 Å². The molecule has 0 unspecified atom stereocenters. The number of thiazole rings is 1. The lowest BCUT2D eigenvalue weighted by Gasteiger charge is -2.11. The summed E-state index contributed by atoms with van der Waals surface area (Å²) >= 11 is 0.988. The molecule has 2 aromatic heterocycles. The van der Waals surface area contributed by atoms with E-state index in [1.165, 1.54) is 10.5 Å². The Bertz CT molecular complexity index is 1620. The second kappa shape index (κ2) is 12.7. The highest BCUT2D eigenvalue weighted by Gasteiger charge is 2.27. The lowest BCUT2D eigenvalue weighted by atomic mass is 10.1. The topological polar surface area (TPSA) is 119 Å². The smallest absolute Gasteiger partial charge is 0.338 e. The largest absolute Gasteiger partial charge is 0.462 e. The number of anilines is 2. The summed E-state index contributed by atoms with van der Waals surface area (Å²) in [4.78, 5) is 57.3. The van der Waals surface area contributed by atoms with E-state index in [4.69, 9.17) is 4.74 Å². The van der Waals surface area contributed by atoms with E-state index in [2.05, 4.69) is 15.6 Å². The molecule has 2 amide bonds. The minimum absolute atomic E-state index is 0.0628. The molecule has 4 aromatic rings. The van der Waals surface area contributed by atoms with Gasteiger partial charge in [0.05, 0.1) is 12.2 Å². The molecule has 2 heterocycles. The molecule has 9 nitrogen and oxygen atoms in total. The van der Waals surface area contributed by atoms with E-state index < -0.39 is 23.3 Å². The van der Waals surface area contributed by atoms with Crippen molar-refractivity contribution in [3.05, 3.63) is 91.8 Å². The molecule has 0 aliphatic carbocycles. The first kappa shape index (κ1) is 28.7. The van der Waals surface area contributed by atoms with E-state index in [1.807, 2.05) is 39.8 Å². The van der Waals surface area contributed by atoms with E-state index in [0.29, 0.717) is 35.7 Å². The van der Waals surface area contributed by atoms with Gasteiger partial charge in [-0.2, -0.15) is 0 Å². The van der Waals surface area contributed by atoms with Crippen LogP contribution in [0.5, 0.6) is 0 Å². The monoisotopic (exact) mass is 560 g/mol. The Kier molecular flexibility index (Phi) is 9.11. The molecule has 2 aromatic carbocycles. The number of fused-ring (bicyclic) bond motifs is 1. The Balaban J connectivity index is 1.68. The number of carbonyl (C=O) groups excluding carboxylic acids is 3. The van der Waals surface area contributed by atoms with Crippen molar-refractivity contribution in [3.63, 3.8) is 0 Å². The molecule has 0 aliphatic heterocycles. The highest BCUT2D eigenvalue weighted by atomic mass is 32.1. The number of unbranched alkanes of at least 4 members (excludes halogenated alkanes) is 1. The zero-order chi connectivity index (χ0) is 28.8. The van der Waals surface area contributed by atoms with Gasteiger partial charge in [-0.15, -0.1) is 0 Å². The van der Waals surface area contributed by atoms with Gasteiger partial charge in [0.2, 0.25) is 0 Å². The molecule has 10 heteroatoms. The SMILES string of the molecule is CCCCOC(=O)c1ccc(NC(=O)c2c(C(=O)Nc3cccc(C)c3C)sc3nc(CCC)cc(=O)n23)cc1. The van der Waals surface area contributed by atoms with E-state index in [0.717, 1.165) is 41.7 Å². The van der Waals surface area contributed by atoms with Crippen LogP contribution in [0.25, 0.3) is 4.96 Å². The van der Waals surface area contributed by atoms with Crippen LogP contribution in [-0.4, -0.2) is 33.8 Å². The quantitative estimate of drug-likeness (QED) is 0.187. The summed E-state index contributed by atoms with van der Waals surface area (Å²) in [6, 6.07) is 13.2. The van der Waals surface area contributed by atoms with Crippen molar-refractivity contribution in [2.24, 2.45) is 0 Å². The Morgan fingerprint density at radius 3 is 2.42 bits per heavy atom. The second-order valence-corrected chi connectivity index (χ2v) is 10.4. The number of benzene rings is 2. The summed E-state index contributed by atoms with van der Waals surface area (Å²) < 4.78 is 6.41. The molecule has 0 aliphatic rings.